The Labute approximate surface area is 94.9 Å². The topological polar surface area (TPSA) is 49.6 Å². The third kappa shape index (κ3) is 1.74. The SMILES string of the molecule is CCN(C(N)=O)N1C=CCc2ccccc21. The molecular formula is C12H15N3O. The van der Waals surface area contributed by atoms with E-state index in [0.717, 1.165) is 12.1 Å². The molecule has 16 heavy (non-hydrogen) atoms. The van der Waals surface area contributed by atoms with Gasteiger partial charge in [0.05, 0.1) is 5.69 Å². The number of fused-ring (bicyclic) bond motifs is 1. The second kappa shape index (κ2) is 4.26. The van der Waals surface area contributed by atoms with Crippen LogP contribution in [0.1, 0.15) is 12.5 Å². The molecule has 0 fully saturated rings. The summed E-state index contributed by atoms with van der Waals surface area (Å²) in [5.74, 6) is 0. The highest BCUT2D eigenvalue weighted by atomic mass is 16.2. The van der Waals surface area contributed by atoms with Gasteiger partial charge >= 0.3 is 6.03 Å². The van der Waals surface area contributed by atoms with E-state index in [-0.39, 0.29) is 0 Å². The molecule has 0 aromatic heterocycles. The molecule has 2 N–H and O–H groups in total. The van der Waals surface area contributed by atoms with Crippen LogP contribution >= 0.6 is 0 Å². The highest BCUT2D eigenvalue weighted by Crippen LogP contribution is 2.26. The predicted molar refractivity (Wildman–Crippen MR) is 63.7 cm³/mol. The van der Waals surface area contributed by atoms with Crippen LogP contribution in [0.15, 0.2) is 36.5 Å². The van der Waals surface area contributed by atoms with Crippen molar-refractivity contribution >= 4 is 11.7 Å². The number of primary amides is 1. The van der Waals surface area contributed by atoms with Gasteiger partial charge < -0.3 is 5.73 Å². The van der Waals surface area contributed by atoms with Gasteiger partial charge in [-0.2, -0.15) is 0 Å². The van der Waals surface area contributed by atoms with Crippen molar-refractivity contribution in [1.82, 2.24) is 5.01 Å². The average molecular weight is 217 g/mol. The van der Waals surface area contributed by atoms with Crippen LogP contribution in [0.25, 0.3) is 0 Å². The summed E-state index contributed by atoms with van der Waals surface area (Å²) in [5, 5.41) is 3.32. The average Bonchev–Trinajstić information content (AvgIpc) is 2.30. The highest BCUT2D eigenvalue weighted by Gasteiger charge is 2.20. The molecule has 2 amide bonds. The van der Waals surface area contributed by atoms with E-state index >= 15 is 0 Å². The first kappa shape index (κ1) is 10.5. The molecule has 0 aliphatic carbocycles. The quantitative estimate of drug-likeness (QED) is 0.822. The lowest BCUT2D eigenvalue weighted by Crippen LogP contribution is -2.47. The summed E-state index contributed by atoms with van der Waals surface area (Å²) in [6.45, 7) is 2.45. The lowest BCUT2D eigenvalue weighted by molar-refractivity contribution is 0.210. The van der Waals surface area contributed by atoms with Crippen molar-refractivity contribution in [2.45, 2.75) is 13.3 Å². The first-order valence-electron chi connectivity index (χ1n) is 5.34. The highest BCUT2D eigenvalue weighted by molar-refractivity contribution is 5.76. The lowest BCUT2D eigenvalue weighted by atomic mass is 10.1. The van der Waals surface area contributed by atoms with Crippen LogP contribution in [-0.4, -0.2) is 17.6 Å². The molecule has 0 bridgehead atoms. The van der Waals surface area contributed by atoms with E-state index in [0.29, 0.717) is 6.54 Å². The van der Waals surface area contributed by atoms with Crippen LogP contribution in [-0.2, 0) is 6.42 Å². The summed E-state index contributed by atoms with van der Waals surface area (Å²) >= 11 is 0. The van der Waals surface area contributed by atoms with Crippen LogP contribution in [0, 0.1) is 0 Å². The fourth-order valence-electron chi connectivity index (χ4n) is 1.89. The number of amides is 2. The van der Waals surface area contributed by atoms with Crippen molar-refractivity contribution < 1.29 is 4.79 Å². The Morgan fingerprint density at radius 3 is 2.94 bits per heavy atom. The number of carbonyl (C=O) groups is 1. The Hall–Kier alpha value is -1.97. The van der Waals surface area contributed by atoms with Crippen molar-refractivity contribution in [1.29, 1.82) is 0 Å². The molecule has 4 heteroatoms. The van der Waals surface area contributed by atoms with Crippen LogP contribution in [0.3, 0.4) is 0 Å². The van der Waals surface area contributed by atoms with E-state index in [1.165, 1.54) is 10.6 Å². The Bertz CT molecular complexity index is 428. The molecule has 4 nitrogen and oxygen atoms in total. The summed E-state index contributed by atoms with van der Waals surface area (Å²) in [6, 6.07) is 7.56. The fraction of sp³-hybridized carbons (Fsp3) is 0.250. The minimum atomic E-state index is -0.441. The minimum absolute atomic E-state index is 0.441. The maximum atomic E-state index is 11.3. The molecule has 0 atom stereocenters. The van der Waals surface area contributed by atoms with Crippen molar-refractivity contribution in [3.05, 3.63) is 42.1 Å². The number of carbonyl (C=O) groups excluding carboxylic acids is 1. The third-order valence-corrected chi connectivity index (χ3v) is 2.64. The van der Waals surface area contributed by atoms with Gasteiger partial charge in [-0.1, -0.05) is 24.3 Å². The summed E-state index contributed by atoms with van der Waals surface area (Å²) in [6.07, 6.45) is 4.80. The Balaban J connectivity index is 2.38. The molecule has 1 aromatic rings. The van der Waals surface area contributed by atoms with Gasteiger partial charge in [0.2, 0.25) is 0 Å². The fourth-order valence-corrected chi connectivity index (χ4v) is 1.89. The molecule has 0 saturated carbocycles. The van der Waals surface area contributed by atoms with Crippen LogP contribution in [0.5, 0.6) is 0 Å². The zero-order valence-electron chi connectivity index (χ0n) is 9.26. The number of nitrogens with zero attached hydrogens (tertiary/aromatic N) is 2. The molecule has 0 spiro atoms. The van der Waals surface area contributed by atoms with Crippen molar-refractivity contribution in [3.63, 3.8) is 0 Å². The number of hydrogen-bond donors (Lipinski definition) is 1. The van der Waals surface area contributed by atoms with Gasteiger partial charge in [-0.15, -0.1) is 0 Å². The van der Waals surface area contributed by atoms with Gasteiger partial charge in [0.15, 0.2) is 0 Å². The van der Waals surface area contributed by atoms with E-state index in [1.54, 1.807) is 5.01 Å². The number of hydrazine groups is 1. The maximum absolute atomic E-state index is 11.3. The van der Waals surface area contributed by atoms with Crippen molar-refractivity contribution in [3.8, 4) is 0 Å². The van der Waals surface area contributed by atoms with Gasteiger partial charge in [0.25, 0.3) is 0 Å². The summed E-state index contributed by atoms with van der Waals surface area (Å²) in [5.41, 5.74) is 7.56. The van der Waals surface area contributed by atoms with Gasteiger partial charge in [-0.05, 0) is 25.0 Å². The zero-order chi connectivity index (χ0) is 11.5. The largest absolute Gasteiger partial charge is 0.350 e. The van der Waals surface area contributed by atoms with E-state index in [2.05, 4.69) is 6.07 Å². The van der Waals surface area contributed by atoms with Crippen LogP contribution in [0.4, 0.5) is 10.5 Å². The molecule has 0 unspecified atom stereocenters. The molecule has 1 aromatic carbocycles. The van der Waals surface area contributed by atoms with E-state index in [9.17, 15) is 4.79 Å². The normalized spacial score (nSPS) is 13.4. The number of urea groups is 1. The number of benzene rings is 1. The van der Waals surface area contributed by atoms with Crippen molar-refractivity contribution in [2.24, 2.45) is 5.73 Å². The summed E-state index contributed by atoms with van der Waals surface area (Å²) in [4.78, 5) is 11.3. The molecule has 84 valence electrons. The third-order valence-electron chi connectivity index (χ3n) is 2.64. The molecule has 0 saturated heterocycles. The first-order valence-corrected chi connectivity index (χ1v) is 5.34. The predicted octanol–water partition coefficient (Wildman–Crippen LogP) is 1.88. The molecule has 0 radical (unpaired) electrons. The van der Waals surface area contributed by atoms with E-state index < -0.39 is 6.03 Å². The van der Waals surface area contributed by atoms with Crippen LogP contribution in [0.2, 0.25) is 0 Å². The van der Waals surface area contributed by atoms with E-state index in [1.807, 2.05) is 37.4 Å². The van der Waals surface area contributed by atoms with Gasteiger partial charge in [-0.25, -0.2) is 9.80 Å². The standard InChI is InChI=1S/C12H15N3O/c1-2-14(12(13)16)15-9-5-7-10-6-3-4-8-11(10)15/h3-6,8-9H,2,7H2,1H3,(H2,13,16). The number of nitrogens with two attached hydrogens (primary N) is 1. The first-order chi connectivity index (χ1) is 7.74. The monoisotopic (exact) mass is 217 g/mol. The molecule has 2 rings (SSSR count). The second-order valence-electron chi connectivity index (χ2n) is 3.62. The number of anilines is 1. The molecule has 1 heterocycles. The number of allylic oxidation sites excluding steroid dienone is 1. The Morgan fingerprint density at radius 1 is 1.50 bits per heavy atom. The summed E-state index contributed by atoms with van der Waals surface area (Å²) in [7, 11) is 0. The Morgan fingerprint density at radius 2 is 2.25 bits per heavy atom. The maximum Gasteiger partial charge on any atom is 0.333 e. The number of rotatable bonds is 2. The zero-order valence-corrected chi connectivity index (χ0v) is 9.26. The molecular weight excluding hydrogens is 202 g/mol. The van der Waals surface area contributed by atoms with Gasteiger partial charge in [0.1, 0.15) is 0 Å². The van der Waals surface area contributed by atoms with Gasteiger partial charge in [0, 0.05) is 12.7 Å². The van der Waals surface area contributed by atoms with E-state index in [4.69, 9.17) is 5.73 Å². The number of para-hydroxylation sites is 1. The minimum Gasteiger partial charge on any atom is -0.350 e. The van der Waals surface area contributed by atoms with Crippen LogP contribution < -0.4 is 10.7 Å². The smallest absolute Gasteiger partial charge is 0.333 e. The van der Waals surface area contributed by atoms with Gasteiger partial charge in [-0.3, -0.25) is 5.01 Å². The second-order valence-corrected chi connectivity index (χ2v) is 3.62. The number of hydrogen-bond acceptors (Lipinski definition) is 2. The van der Waals surface area contributed by atoms with Crippen molar-refractivity contribution in [2.75, 3.05) is 11.6 Å². The molecule has 1 aliphatic rings. The lowest BCUT2D eigenvalue weighted by Gasteiger charge is -2.34. The summed E-state index contributed by atoms with van der Waals surface area (Å²) < 4.78 is 0. The molecule has 1 aliphatic heterocycles. The Kier molecular flexibility index (Phi) is 2.81.